The van der Waals surface area contributed by atoms with E-state index in [4.69, 9.17) is 4.98 Å². The van der Waals surface area contributed by atoms with Crippen LogP contribution in [0.15, 0.2) is 48.7 Å². The molecule has 1 saturated carbocycles. The van der Waals surface area contributed by atoms with Gasteiger partial charge in [-0.15, -0.1) is 0 Å². The Labute approximate surface area is 190 Å². The van der Waals surface area contributed by atoms with Gasteiger partial charge in [-0.05, 0) is 63.4 Å². The van der Waals surface area contributed by atoms with Crippen LogP contribution in [0, 0.1) is 6.92 Å². The Kier molecular flexibility index (Phi) is 6.01. The number of imidazole rings is 1. The number of carbonyl (C=O) groups excluding carboxylic acids is 1. The van der Waals surface area contributed by atoms with E-state index in [2.05, 4.69) is 41.4 Å². The van der Waals surface area contributed by atoms with Gasteiger partial charge in [-0.2, -0.15) is 0 Å². The number of likely N-dealkylation sites (tertiary alicyclic amines) is 1. The number of rotatable bonds is 6. The number of amides is 1. The summed E-state index contributed by atoms with van der Waals surface area (Å²) in [6.45, 7) is 5.95. The molecule has 32 heavy (non-hydrogen) atoms. The van der Waals surface area contributed by atoms with E-state index in [1.54, 1.807) is 0 Å². The smallest absolute Gasteiger partial charge is 0.268 e. The number of nitrogens with zero attached hydrogens (tertiary/aromatic N) is 3. The third-order valence-electron chi connectivity index (χ3n) is 7.42. The van der Waals surface area contributed by atoms with Gasteiger partial charge in [-0.25, -0.2) is 4.98 Å². The van der Waals surface area contributed by atoms with Gasteiger partial charge in [0.05, 0.1) is 5.69 Å². The maximum absolute atomic E-state index is 13.3. The summed E-state index contributed by atoms with van der Waals surface area (Å²) < 4.78 is 1.96. The summed E-state index contributed by atoms with van der Waals surface area (Å²) in [6, 6.07) is 14.7. The maximum Gasteiger partial charge on any atom is 0.268 e. The van der Waals surface area contributed by atoms with Gasteiger partial charge in [0.15, 0.2) is 0 Å². The van der Waals surface area contributed by atoms with Gasteiger partial charge >= 0.3 is 0 Å². The Morgan fingerprint density at radius 3 is 2.50 bits per heavy atom. The lowest BCUT2D eigenvalue weighted by molar-refractivity contribution is 0.0930. The van der Waals surface area contributed by atoms with Crippen LogP contribution in [0.5, 0.6) is 0 Å². The lowest BCUT2D eigenvalue weighted by Crippen LogP contribution is -2.42. The number of aryl methyl sites for hydroxylation is 1. The van der Waals surface area contributed by atoms with Crippen LogP contribution in [-0.4, -0.2) is 39.8 Å². The Bertz CT molecular complexity index is 1070. The first kappa shape index (κ1) is 21.2. The van der Waals surface area contributed by atoms with Crippen molar-refractivity contribution in [2.24, 2.45) is 0 Å². The van der Waals surface area contributed by atoms with E-state index < -0.39 is 0 Å². The molecule has 1 N–H and O–H groups in total. The fourth-order valence-electron chi connectivity index (χ4n) is 5.54. The summed E-state index contributed by atoms with van der Waals surface area (Å²) in [7, 11) is 0. The number of hydrogen-bond donors (Lipinski definition) is 1. The molecule has 5 nitrogen and oxygen atoms in total. The van der Waals surface area contributed by atoms with E-state index in [1.807, 2.05) is 28.8 Å². The molecule has 1 aliphatic carbocycles. The molecule has 168 valence electrons. The highest BCUT2D eigenvalue weighted by atomic mass is 16.1. The third-order valence-corrected chi connectivity index (χ3v) is 7.42. The number of pyridine rings is 1. The standard InChI is InChI=1S/C27H34N4O/c1-21-10-12-22(13-11-21)27(14-3-2-4-15-27)20-28-26(32)24-8-7-9-25-29-23(19-31(24)25)18-30-16-5-6-17-30/h7-13,19H,2-6,14-18,20H2,1H3,(H,28,32). The van der Waals surface area contributed by atoms with Gasteiger partial charge in [0.25, 0.3) is 5.91 Å². The lowest BCUT2D eigenvalue weighted by Gasteiger charge is -2.38. The second-order valence-corrected chi connectivity index (χ2v) is 9.74. The SMILES string of the molecule is Cc1ccc(C2(CNC(=O)c3cccc4nc(CN5CCCC5)cn34)CCCCC2)cc1. The largest absolute Gasteiger partial charge is 0.350 e. The Balaban J connectivity index is 1.35. The average Bonchev–Trinajstić information content (AvgIpc) is 3.48. The van der Waals surface area contributed by atoms with Crippen molar-refractivity contribution in [3.63, 3.8) is 0 Å². The van der Waals surface area contributed by atoms with Gasteiger partial charge in [-0.3, -0.25) is 14.1 Å². The first-order chi connectivity index (χ1) is 15.6. The molecule has 2 aliphatic rings. The first-order valence-electron chi connectivity index (χ1n) is 12.2. The molecule has 3 heterocycles. The summed E-state index contributed by atoms with van der Waals surface area (Å²) >= 11 is 0. The molecule has 0 radical (unpaired) electrons. The molecular formula is C27H34N4O. The van der Waals surface area contributed by atoms with Crippen molar-refractivity contribution in [2.45, 2.75) is 63.8 Å². The van der Waals surface area contributed by atoms with Crippen LogP contribution in [0.25, 0.3) is 5.65 Å². The summed E-state index contributed by atoms with van der Waals surface area (Å²) in [6.07, 6.45) is 10.6. The highest BCUT2D eigenvalue weighted by molar-refractivity contribution is 5.93. The number of hydrogen-bond acceptors (Lipinski definition) is 3. The summed E-state index contributed by atoms with van der Waals surface area (Å²) in [5.74, 6) is -0.0159. The number of nitrogens with one attached hydrogen (secondary N) is 1. The zero-order valence-corrected chi connectivity index (χ0v) is 19.1. The van der Waals surface area contributed by atoms with Crippen LogP contribution in [0.1, 0.15) is 72.3 Å². The molecule has 2 aromatic heterocycles. The van der Waals surface area contributed by atoms with E-state index >= 15 is 0 Å². The Morgan fingerprint density at radius 1 is 1.00 bits per heavy atom. The molecule has 0 spiro atoms. The minimum absolute atomic E-state index is 0.0159. The minimum Gasteiger partial charge on any atom is -0.350 e. The molecule has 2 fully saturated rings. The molecule has 1 aliphatic heterocycles. The van der Waals surface area contributed by atoms with Crippen molar-refractivity contribution in [3.8, 4) is 0 Å². The van der Waals surface area contributed by atoms with Gasteiger partial charge in [0.1, 0.15) is 11.3 Å². The zero-order chi connectivity index (χ0) is 22.0. The molecule has 3 aromatic rings. The summed E-state index contributed by atoms with van der Waals surface area (Å²) in [5.41, 5.74) is 5.22. The van der Waals surface area contributed by atoms with Crippen LogP contribution in [0.3, 0.4) is 0 Å². The number of aromatic nitrogens is 2. The van der Waals surface area contributed by atoms with Gasteiger partial charge in [0.2, 0.25) is 0 Å². The van der Waals surface area contributed by atoms with Crippen molar-refractivity contribution >= 4 is 11.6 Å². The fourth-order valence-corrected chi connectivity index (χ4v) is 5.54. The monoisotopic (exact) mass is 430 g/mol. The molecule has 0 bridgehead atoms. The third kappa shape index (κ3) is 4.31. The van der Waals surface area contributed by atoms with Gasteiger partial charge in [0, 0.05) is 24.7 Å². The van der Waals surface area contributed by atoms with Crippen LogP contribution in [-0.2, 0) is 12.0 Å². The molecule has 1 saturated heterocycles. The average molecular weight is 431 g/mol. The van der Waals surface area contributed by atoms with Crippen molar-refractivity contribution in [1.82, 2.24) is 19.6 Å². The van der Waals surface area contributed by atoms with Crippen LogP contribution < -0.4 is 5.32 Å². The fraction of sp³-hybridized carbons (Fsp3) is 0.481. The highest BCUT2D eigenvalue weighted by Gasteiger charge is 2.34. The maximum atomic E-state index is 13.3. The van der Waals surface area contributed by atoms with Crippen LogP contribution >= 0.6 is 0 Å². The Morgan fingerprint density at radius 2 is 1.75 bits per heavy atom. The second kappa shape index (κ2) is 9.07. The lowest BCUT2D eigenvalue weighted by atomic mass is 9.69. The van der Waals surface area contributed by atoms with Crippen LogP contribution in [0.2, 0.25) is 0 Å². The molecular weight excluding hydrogens is 396 g/mol. The highest BCUT2D eigenvalue weighted by Crippen LogP contribution is 2.39. The molecule has 1 aromatic carbocycles. The predicted octanol–water partition coefficient (Wildman–Crippen LogP) is 4.87. The van der Waals surface area contributed by atoms with Crippen molar-refractivity contribution < 1.29 is 4.79 Å². The number of benzene rings is 1. The summed E-state index contributed by atoms with van der Waals surface area (Å²) in [4.78, 5) is 20.5. The van der Waals surface area contributed by atoms with Crippen molar-refractivity contribution in [2.75, 3.05) is 19.6 Å². The molecule has 0 unspecified atom stereocenters. The minimum atomic E-state index is -0.0159. The van der Waals surface area contributed by atoms with E-state index in [9.17, 15) is 4.79 Å². The number of carbonyl (C=O) groups is 1. The normalized spacial score (nSPS) is 18.8. The van der Waals surface area contributed by atoms with E-state index in [-0.39, 0.29) is 11.3 Å². The first-order valence-corrected chi connectivity index (χ1v) is 12.2. The zero-order valence-electron chi connectivity index (χ0n) is 19.1. The number of fused-ring (bicyclic) bond motifs is 1. The molecule has 1 amide bonds. The summed E-state index contributed by atoms with van der Waals surface area (Å²) in [5, 5.41) is 3.30. The van der Waals surface area contributed by atoms with E-state index in [0.717, 1.165) is 43.8 Å². The Hall–Kier alpha value is -2.66. The van der Waals surface area contributed by atoms with Gasteiger partial charge in [-0.1, -0.05) is 55.2 Å². The van der Waals surface area contributed by atoms with Crippen molar-refractivity contribution in [3.05, 3.63) is 71.2 Å². The molecule has 5 heteroatoms. The van der Waals surface area contributed by atoms with Gasteiger partial charge < -0.3 is 5.32 Å². The topological polar surface area (TPSA) is 49.6 Å². The predicted molar refractivity (Wildman–Crippen MR) is 128 cm³/mol. The molecule has 0 atom stereocenters. The van der Waals surface area contributed by atoms with E-state index in [1.165, 1.54) is 43.2 Å². The van der Waals surface area contributed by atoms with Crippen molar-refractivity contribution in [1.29, 1.82) is 0 Å². The molecule has 5 rings (SSSR count). The second-order valence-electron chi connectivity index (χ2n) is 9.74. The van der Waals surface area contributed by atoms with Crippen LogP contribution in [0.4, 0.5) is 0 Å². The van der Waals surface area contributed by atoms with E-state index in [0.29, 0.717) is 12.2 Å². The quantitative estimate of drug-likeness (QED) is 0.607.